The number of guanidine groups is 1. The highest BCUT2D eigenvalue weighted by Crippen LogP contribution is 2.16. The van der Waals surface area contributed by atoms with E-state index in [0.717, 1.165) is 48.7 Å². The van der Waals surface area contributed by atoms with Gasteiger partial charge in [-0.15, -0.1) is 0 Å². The molecule has 0 radical (unpaired) electrons. The molecule has 0 saturated carbocycles. The topological polar surface area (TPSA) is 83.6 Å². The SMILES string of the molecule is CN=C(NCCCn1cnc2ccccc21)N1CCN(c2cnn(C)c2)C(=O)C1. The molecule has 1 amide bonds. The lowest BCUT2D eigenvalue weighted by molar-refractivity contribution is -0.120. The van der Waals surface area contributed by atoms with Crippen LogP contribution in [0.25, 0.3) is 11.0 Å². The van der Waals surface area contributed by atoms with Crippen molar-refractivity contribution in [3.63, 3.8) is 0 Å². The molecule has 1 saturated heterocycles. The zero-order valence-electron chi connectivity index (χ0n) is 16.8. The first kappa shape index (κ1) is 19.0. The smallest absolute Gasteiger partial charge is 0.246 e. The summed E-state index contributed by atoms with van der Waals surface area (Å²) < 4.78 is 3.87. The predicted octanol–water partition coefficient (Wildman–Crippen LogP) is 1.08. The molecule has 0 aliphatic carbocycles. The standard InChI is InChI=1S/C20H26N8O/c1-21-20(22-8-5-9-27-15-23-17-6-3-4-7-18(17)27)26-10-11-28(19(29)14-26)16-12-24-25(2)13-16/h3-4,6-7,12-13,15H,5,8-11,14H2,1-2H3,(H,21,22). The summed E-state index contributed by atoms with van der Waals surface area (Å²) in [4.78, 5) is 25.2. The highest BCUT2D eigenvalue weighted by Gasteiger charge is 2.27. The number of hydrogen-bond acceptors (Lipinski definition) is 4. The molecule has 3 heterocycles. The average molecular weight is 394 g/mol. The van der Waals surface area contributed by atoms with Crippen LogP contribution in [-0.4, -0.2) is 69.3 Å². The first-order chi connectivity index (χ1) is 14.2. The van der Waals surface area contributed by atoms with Gasteiger partial charge in [0.15, 0.2) is 5.96 Å². The van der Waals surface area contributed by atoms with Crippen LogP contribution in [-0.2, 0) is 18.4 Å². The van der Waals surface area contributed by atoms with E-state index in [9.17, 15) is 4.79 Å². The lowest BCUT2D eigenvalue weighted by Gasteiger charge is -2.35. The number of nitrogens with one attached hydrogen (secondary N) is 1. The van der Waals surface area contributed by atoms with Crippen LogP contribution in [0.15, 0.2) is 48.0 Å². The van der Waals surface area contributed by atoms with Crippen LogP contribution in [0, 0.1) is 0 Å². The van der Waals surface area contributed by atoms with E-state index in [1.54, 1.807) is 22.8 Å². The van der Waals surface area contributed by atoms with Crippen molar-refractivity contribution in [3.8, 4) is 0 Å². The number of aliphatic imine (C=N–C) groups is 1. The fraction of sp³-hybridized carbons (Fsp3) is 0.400. The Labute approximate surface area is 169 Å². The number of carbonyl (C=O) groups excluding carboxylic acids is 1. The van der Waals surface area contributed by atoms with Gasteiger partial charge in [0, 0.05) is 46.5 Å². The third kappa shape index (κ3) is 4.08. The van der Waals surface area contributed by atoms with Crippen LogP contribution in [0.3, 0.4) is 0 Å². The van der Waals surface area contributed by atoms with Crippen molar-refractivity contribution in [2.75, 3.05) is 38.1 Å². The van der Waals surface area contributed by atoms with E-state index in [1.165, 1.54) is 0 Å². The predicted molar refractivity (Wildman–Crippen MR) is 113 cm³/mol. The van der Waals surface area contributed by atoms with E-state index in [2.05, 4.69) is 31.0 Å². The van der Waals surface area contributed by atoms with Gasteiger partial charge in [0.1, 0.15) is 6.54 Å². The Morgan fingerprint density at radius 3 is 2.90 bits per heavy atom. The number of nitrogens with zero attached hydrogens (tertiary/aromatic N) is 7. The first-order valence-electron chi connectivity index (χ1n) is 9.80. The Morgan fingerprint density at radius 1 is 1.28 bits per heavy atom. The molecular formula is C20H26N8O. The van der Waals surface area contributed by atoms with Gasteiger partial charge in [-0.25, -0.2) is 4.98 Å². The summed E-state index contributed by atoms with van der Waals surface area (Å²) in [6.07, 6.45) is 6.40. The molecule has 1 aliphatic rings. The largest absolute Gasteiger partial charge is 0.356 e. The highest BCUT2D eigenvalue weighted by atomic mass is 16.2. The summed E-state index contributed by atoms with van der Waals surface area (Å²) in [5.41, 5.74) is 3.00. The van der Waals surface area contributed by atoms with E-state index in [-0.39, 0.29) is 5.91 Å². The minimum absolute atomic E-state index is 0.0529. The Morgan fingerprint density at radius 2 is 2.14 bits per heavy atom. The monoisotopic (exact) mass is 394 g/mol. The maximum Gasteiger partial charge on any atom is 0.246 e. The third-order valence-electron chi connectivity index (χ3n) is 5.12. The normalized spacial score (nSPS) is 15.4. The summed E-state index contributed by atoms with van der Waals surface area (Å²) in [6.45, 7) is 3.30. The molecule has 29 heavy (non-hydrogen) atoms. The van der Waals surface area contributed by atoms with Crippen LogP contribution < -0.4 is 10.2 Å². The average Bonchev–Trinajstić information content (AvgIpc) is 3.34. The minimum Gasteiger partial charge on any atom is -0.356 e. The minimum atomic E-state index is 0.0529. The maximum atomic E-state index is 12.6. The number of aromatic nitrogens is 4. The summed E-state index contributed by atoms with van der Waals surface area (Å²) in [6, 6.07) is 8.14. The van der Waals surface area contributed by atoms with Crippen LogP contribution in [0.5, 0.6) is 0 Å². The van der Waals surface area contributed by atoms with Crippen LogP contribution in [0.2, 0.25) is 0 Å². The van der Waals surface area contributed by atoms with Crippen LogP contribution in [0.1, 0.15) is 6.42 Å². The first-order valence-corrected chi connectivity index (χ1v) is 9.80. The Bertz CT molecular complexity index is 1020. The van der Waals surface area contributed by atoms with Crippen molar-refractivity contribution < 1.29 is 4.79 Å². The second kappa shape index (κ2) is 8.34. The van der Waals surface area contributed by atoms with Gasteiger partial charge < -0.3 is 19.7 Å². The molecular weight excluding hydrogens is 368 g/mol. The van der Waals surface area contributed by atoms with Gasteiger partial charge >= 0.3 is 0 Å². The summed E-state index contributed by atoms with van der Waals surface area (Å²) in [7, 11) is 3.60. The van der Waals surface area contributed by atoms with Crippen molar-refractivity contribution in [1.82, 2.24) is 29.5 Å². The Balaban J connectivity index is 1.28. The molecule has 0 atom stereocenters. The molecule has 0 spiro atoms. The number of carbonyl (C=O) groups is 1. The van der Waals surface area contributed by atoms with E-state index in [4.69, 9.17) is 0 Å². The van der Waals surface area contributed by atoms with Gasteiger partial charge in [-0.2, -0.15) is 5.10 Å². The van der Waals surface area contributed by atoms with Gasteiger partial charge in [-0.05, 0) is 18.6 Å². The van der Waals surface area contributed by atoms with Gasteiger partial charge in [-0.3, -0.25) is 14.5 Å². The van der Waals surface area contributed by atoms with E-state index >= 15 is 0 Å². The van der Waals surface area contributed by atoms with E-state index < -0.39 is 0 Å². The third-order valence-corrected chi connectivity index (χ3v) is 5.12. The molecule has 152 valence electrons. The highest BCUT2D eigenvalue weighted by molar-refractivity contribution is 5.98. The molecule has 1 aliphatic heterocycles. The zero-order valence-corrected chi connectivity index (χ0v) is 16.8. The van der Waals surface area contributed by atoms with Gasteiger partial charge in [0.2, 0.25) is 5.91 Å². The molecule has 0 bridgehead atoms. The molecule has 0 unspecified atom stereocenters. The van der Waals surface area contributed by atoms with E-state index in [1.807, 2.05) is 42.7 Å². The number of piperazine rings is 1. The van der Waals surface area contributed by atoms with Crippen LogP contribution in [0.4, 0.5) is 5.69 Å². The molecule has 1 aromatic carbocycles. The number of anilines is 1. The zero-order chi connectivity index (χ0) is 20.2. The molecule has 9 heteroatoms. The van der Waals surface area contributed by atoms with E-state index in [0.29, 0.717) is 13.1 Å². The number of amides is 1. The summed E-state index contributed by atoms with van der Waals surface area (Å²) in [5.74, 6) is 0.816. The van der Waals surface area contributed by atoms with Crippen LogP contribution >= 0.6 is 0 Å². The van der Waals surface area contributed by atoms with Gasteiger partial charge in [-0.1, -0.05) is 12.1 Å². The van der Waals surface area contributed by atoms with Gasteiger partial charge in [0.25, 0.3) is 0 Å². The number of benzene rings is 1. The number of aryl methyl sites for hydroxylation is 2. The van der Waals surface area contributed by atoms with Crippen molar-refractivity contribution in [3.05, 3.63) is 43.0 Å². The lowest BCUT2D eigenvalue weighted by atomic mass is 10.3. The molecule has 9 nitrogen and oxygen atoms in total. The van der Waals surface area contributed by atoms with Gasteiger partial charge in [0.05, 0.1) is 29.2 Å². The van der Waals surface area contributed by atoms with Crippen molar-refractivity contribution in [1.29, 1.82) is 0 Å². The molecule has 2 aromatic heterocycles. The van der Waals surface area contributed by atoms with Crippen molar-refractivity contribution >= 4 is 28.6 Å². The maximum absolute atomic E-state index is 12.6. The Hall–Kier alpha value is -3.36. The molecule has 1 N–H and O–H groups in total. The number of rotatable bonds is 5. The fourth-order valence-corrected chi connectivity index (χ4v) is 3.65. The summed E-state index contributed by atoms with van der Waals surface area (Å²) >= 11 is 0. The number of imidazole rings is 1. The van der Waals surface area contributed by atoms with Crippen molar-refractivity contribution in [2.45, 2.75) is 13.0 Å². The molecule has 4 rings (SSSR count). The quantitative estimate of drug-likeness (QED) is 0.398. The number of para-hydroxylation sites is 2. The number of fused-ring (bicyclic) bond motifs is 1. The number of hydrogen-bond donors (Lipinski definition) is 1. The van der Waals surface area contributed by atoms with Crippen molar-refractivity contribution in [2.24, 2.45) is 12.0 Å². The second-order valence-electron chi connectivity index (χ2n) is 7.09. The Kier molecular flexibility index (Phi) is 5.46. The fourth-order valence-electron chi connectivity index (χ4n) is 3.65. The molecule has 3 aromatic rings. The summed E-state index contributed by atoms with van der Waals surface area (Å²) in [5, 5.41) is 7.54. The second-order valence-corrected chi connectivity index (χ2v) is 7.09. The molecule has 1 fully saturated rings. The lowest BCUT2D eigenvalue weighted by Crippen LogP contribution is -2.55.